The highest BCUT2D eigenvalue weighted by molar-refractivity contribution is 6.12. The van der Waals surface area contributed by atoms with Gasteiger partial charge in [0.05, 0.1) is 23.3 Å². The van der Waals surface area contributed by atoms with E-state index in [1.54, 1.807) is 6.07 Å². The monoisotopic (exact) mass is 306 g/mol. The number of hydrogen-bond acceptors (Lipinski definition) is 6. The Morgan fingerprint density at radius 1 is 1.26 bits per heavy atom. The predicted molar refractivity (Wildman–Crippen MR) is 89.6 cm³/mol. The van der Waals surface area contributed by atoms with Crippen molar-refractivity contribution in [3.63, 3.8) is 0 Å². The molecule has 1 saturated heterocycles. The van der Waals surface area contributed by atoms with E-state index in [-0.39, 0.29) is 11.4 Å². The molecule has 1 fully saturated rings. The largest absolute Gasteiger partial charge is 0.397 e. The van der Waals surface area contributed by atoms with E-state index in [0.717, 1.165) is 18.9 Å². The third kappa shape index (κ3) is 3.14. The zero-order valence-corrected chi connectivity index (χ0v) is 12.8. The lowest BCUT2D eigenvalue weighted by atomic mass is 10.1. The van der Waals surface area contributed by atoms with Gasteiger partial charge in [0.2, 0.25) is 0 Å². The second kappa shape index (κ2) is 6.44. The molecule has 0 bridgehead atoms. The Morgan fingerprint density at radius 3 is 2.78 bits per heavy atom. The molecule has 6 heteroatoms. The summed E-state index contributed by atoms with van der Waals surface area (Å²) in [6, 6.07) is 9.18. The summed E-state index contributed by atoms with van der Waals surface area (Å²) in [5, 5.41) is 17.4. The van der Waals surface area contributed by atoms with Gasteiger partial charge in [-0.2, -0.15) is 5.26 Å². The second-order valence-electron chi connectivity index (χ2n) is 5.57. The van der Waals surface area contributed by atoms with Crippen molar-refractivity contribution < 1.29 is 0 Å². The number of nitrogens with zero attached hydrogens (tertiary/aromatic N) is 4. The van der Waals surface area contributed by atoms with Crippen molar-refractivity contribution in [3.8, 4) is 6.07 Å². The molecule has 0 amide bonds. The average molecular weight is 306 g/mol. The van der Waals surface area contributed by atoms with Crippen molar-refractivity contribution in [2.24, 2.45) is 0 Å². The molecule has 116 valence electrons. The topological polar surface area (TPSA) is 103 Å². The molecule has 3 rings (SSSR count). The third-order valence-corrected chi connectivity index (χ3v) is 3.99. The first kappa shape index (κ1) is 15.0. The summed E-state index contributed by atoms with van der Waals surface area (Å²) in [5.74, 6) is 0.889. The molecule has 3 heterocycles. The van der Waals surface area contributed by atoms with E-state index in [4.69, 9.17) is 16.4 Å². The van der Waals surface area contributed by atoms with E-state index in [2.05, 4.69) is 14.9 Å². The van der Waals surface area contributed by atoms with Gasteiger partial charge in [0, 0.05) is 18.7 Å². The zero-order chi connectivity index (χ0) is 16.2. The highest BCUT2D eigenvalue weighted by Crippen LogP contribution is 2.20. The van der Waals surface area contributed by atoms with Gasteiger partial charge in [-0.25, -0.2) is 9.97 Å². The van der Waals surface area contributed by atoms with Gasteiger partial charge in [0.25, 0.3) is 0 Å². The summed E-state index contributed by atoms with van der Waals surface area (Å²) in [6.07, 6.45) is 5.02. The molecule has 0 aliphatic carbocycles. The van der Waals surface area contributed by atoms with Gasteiger partial charge in [-0.1, -0.05) is 6.07 Å². The lowest BCUT2D eigenvalue weighted by Crippen LogP contribution is -2.30. The Balaban J connectivity index is 1.92. The van der Waals surface area contributed by atoms with Gasteiger partial charge in [-0.15, -0.1) is 0 Å². The predicted octanol–water partition coefficient (Wildman–Crippen LogP) is 2.34. The fourth-order valence-corrected chi connectivity index (χ4v) is 2.74. The lowest BCUT2D eigenvalue weighted by molar-refractivity contribution is 0.573. The highest BCUT2D eigenvalue weighted by atomic mass is 15.2. The van der Waals surface area contributed by atoms with Crippen LogP contribution in [0.15, 0.2) is 30.5 Å². The smallest absolute Gasteiger partial charge is 0.141 e. The minimum absolute atomic E-state index is 0.209. The molecule has 0 atom stereocenters. The SMILES string of the molecule is N#Cc1cc(C(=N)c2cccc(N3CCCCC3)n2)c(N)cn1. The Bertz CT molecular complexity index is 771. The number of nitriles is 1. The lowest BCUT2D eigenvalue weighted by Gasteiger charge is -2.28. The number of aromatic nitrogens is 2. The quantitative estimate of drug-likeness (QED) is 0.847. The molecule has 0 radical (unpaired) electrons. The standard InChI is InChI=1S/C17H18N6/c18-10-12-9-13(14(19)11-21-12)17(20)15-5-4-6-16(22-15)23-7-2-1-3-8-23/h4-6,9,11,20H,1-3,7-8,19H2. The molecular formula is C17H18N6. The van der Waals surface area contributed by atoms with Crippen molar-refractivity contribution >= 4 is 17.2 Å². The van der Waals surface area contributed by atoms with Gasteiger partial charge < -0.3 is 10.6 Å². The van der Waals surface area contributed by atoms with Gasteiger partial charge in [-0.05, 0) is 37.5 Å². The van der Waals surface area contributed by atoms with Crippen LogP contribution < -0.4 is 10.6 Å². The Labute approximate surface area is 135 Å². The van der Waals surface area contributed by atoms with Gasteiger partial charge >= 0.3 is 0 Å². The molecule has 3 N–H and O–H groups in total. The minimum Gasteiger partial charge on any atom is -0.397 e. The Hall–Kier alpha value is -2.94. The molecule has 1 aliphatic rings. The first-order valence-electron chi connectivity index (χ1n) is 7.66. The van der Waals surface area contributed by atoms with E-state index >= 15 is 0 Å². The number of hydrogen-bond donors (Lipinski definition) is 2. The molecule has 0 spiro atoms. The number of nitrogen functional groups attached to an aromatic ring is 1. The number of nitrogens with one attached hydrogen (secondary N) is 1. The summed E-state index contributed by atoms with van der Waals surface area (Å²) >= 11 is 0. The molecule has 1 aliphatic heterocycles. The maximum Gasteiger partial charge on any atom is 0.141 e. The van der Waals surface area contributed by atoms with Crippen LogP contribution in [0.3, 0.4) is 0 Å². The first-order valence-corrected chi connectivity index (χ1v) is 7.66. The fourth-order valence-electron chi connectivity index (χ4n) is 2.74. The zero-order valence-electron chi connectivity index (χ0n) is 12.8. The minimum atomic E-state index is 0.209. The van der Waals surface area contributed by atoms with Crippen molar-refractivity contribution in [3.05, 3.63) is 47.4 Å². The van der Waals surface area contributed by atoms with E-state index in [9.17, 15) is 0 Å². The number of nitrogens with two attached hydrogens (primary N) is 1. The molecule has 0 unspecified atom stereocenters. The highest BCUT2D eigenvalue weighted by Gasteiger charge is 2.15. The second-order valence-corrected chi connectivity index (χ2v) is 5.57. The van der Waals surface area contributed by atoms with Crippen LogP contribution in [0, 0.1) is 16.7 Å². The maximum absolute atomic E-state index is 8.97. The van der Waals surface area contributed by atoms with Crippen molar-refractivity contribution in [1.29, 1.82) is 10.7 Å². The van der Waals surface area contributed by atoms with Gasteiger partial charge in [0.1, 0.15) is 17.6 Å². The molecule has 0 aromatic carbocycles. The molecule has 6 nitrogen and oxygen atoms in total. The molecular weight excluding hydrogens is 288 g/mol. The molecule has 2 aromatic rings. The molecule has 0 saturated carbocycles. The van der Waals surface area contributed by atoms with E-state index < -0.39 is 0 Å². The number of piperidine rings is 1. The summed E-state index contributed by atoms with van der Waals surface area (Å²) in [4.78, 5) is 10.8. The van der Waals surface area contributed by atoms with Crippen molar-refractivity contribution in [2.75, 3.05) is 23.7 Å². The van der Waals surface area contributed by atoms with Crippen LogP contribution in [-0.4, -0.2) is 28.8 Å². The summed E-state index contributed by atoms with van der Waals surface area (Å²) in [7, 11) is 0. The van der Waals surface area contributed by atoms with Crippen LogP contribution in [0.2, 0.25) is 0 Å². The van der Waals surface area contributed by atoms with Crippen molar-refractivity contribution in [1.82, 2.24) is 9.97 Å². The molecule has 23 heavy (non-hydrogen) atoms. The molecule has 2 aromatic heterocycles. The van der Waals surface area contributed by atoms with Gasteiger partial charge in [0.15, 0.2) is 0 Å². The first-order chi connectivity index (χ1) is 11.2. The van der Waals surface area contributed by atoms with Crippen LogP contribution in [0.1, 0.15) is 36.2 Å². The van der Waals surface area contributed by atoms with Crippen LogP contribution in [0.5, 0.6) is 0 Å². The van der Waals surface area contributed by atoms with Gasteiger partial charge in [-0.3, -0.25) is 5.41 Å². The van der Waals surface area contributed by atoms with E-state index in [1.807, 2.05) is 18.2 Å². The van der Waals surface area contributed by atoms with Crippen LogP contribution in [-0.2, 0) is 0 Å². The third-order valence-electron chi connectivity index (χ3n) is 3.99. The Kier molecular flexibility index (Phi) is 4.20. The number of pyridine rings is 2. The summed E-state index contributed by atoms with van der Waals surface area (Å²) in [5.41, 5.74) is 7.77. The fraction of sp³-hybridized carbons (Fsp3) is 0.294. The van der Waals surface area contributed by atoms with Crippen LogP contribution >= 0.6 is 0 Å². The van der Waals surface area contributed by atoms with Crippen LogP contribution in [0.4, 0.5) is 11.5 Å². The van der Waals surface area contributed by atoms with Crippen LogP contribution in [0.25, 0.3) is 0 Å². The van der Waals surface area contributed by atoms with E-state index in [1.165, 1.54) is 31.5 Å². The summed E-state index contributed by atoms with van der Waals surface area (Å²) < 4.78 is 0. The van der Waals surface area contributed by atoms with Crippen molar-refractivity contribution in [2.45, 2.75) is 19.3 Å². The number of anilines is 2. The summed E-state index contributed by atoms with van der Waals surface area (Å²) in [6.45, 7) is 2.00. The maximum atomic E-state index is 8.97. The normalized spacial score (nSPS) is 14.3. The number of rotatable bonds is 3. The Morgan fingerprint density at radius 2 is 2.04 bits per heavy atom. The average Bonchev–Trinajstić information content (AvgIpc) is 2.62. The van der Waals surface area contributed by atoms with E-state index in [0.29, 0.717) is 16.9 Å².